The SMILES string of the molecule is COC(=O)c1ccc(/C=N/OCC(=O)NCc2ccco2)cc1. The largest absolute Gasteiger partial charge is 0.467 e. The Morgan fingerprint density at radius 3 is 2.70 bits per heavy atom. The number of esters is 1. The number of hydrogen-bond donors (Lipinski definition) is 1. The first kappa shape index (κ1) is 16.3. The minimum Gasteiger partial charge on any atom is -0.467 e. The third-order valence-electron chi connectivity index (χ3n) is 2.84. The summed E-state index contributed by atoms with van der Waals surface area (Å²) < 4.78 is 9.69. The Kier molecular flexibility index (Phi) is 5.93. The first-order valence-electron chi connectivity index (χ1n) is 6.82. The van der Waals surface area contributed by atoms with Gasteiger partial charge in [-0.15, -0.1) is 0 Å². The smallest absolute Gasteiger partial charge is 0.337 e. The van der Waals surface area contributed by atoms with Crippen LogP contribution in [0.4, 0.5) is 0 Å². The lowest BCUT2D eigenvalue weighted by Gasteiger charge is -2.02. The van der Waals surface area contributed by atoms with Crippen molar-refractivity contribution in [3.63, 3.8) is 0 Å². The number of oxime groups is 1. The van der Waals surface area contributed by atoms with Crippen LogP contribution in [0, 0.1) is 0 Å². The summed E-state index contributed by atoms with van der Waals surface area (Å²) in [6, 6.07) is 10.1. The number of nitrogens with zero attached hydrogens (tertiary/aromatic N) is 1. The van der Waals surface area contributed by atoms with E-state index in [1.165, 1.54) is 19.6 Å². The van der Waals surface area contributed by atoms with Crippen LogP contribution in [0.1, 0.15) is 21.7 Å². The van der Waals surface area contributed by atoms with Crippen LogP contribution in [0.2, 0.25) is 0 Å². The summed E-state index contributed by atoms with van der Waals surface area (Å²) in [7, 11) is 1.32. The first-order chi connectivity index (χ1) is 11.2. The zero-order chi connectivity index (χ0) is 16.5. The van der Waals surface area contributed by atoms with Gasteiger partial charge in [-0.25, -0.2) is 4.79 Å². The fourth-order valence-electron chi connectivity index (χ4n) is 1.67. The Labute approximate surface area is 132 Å². The Morgan fingerprint density at radius 1 is 1.26 bits per heavy atom. The summed E-state index contributed by atoms with van der Waals surface area (Å²) >= 11 is 0. The number of hydrogen-bond acceptors (Lipinski definition) is 6. The van der Waals surface area contributed by atoms with Gasteiger partial charge in [0.25, 0.3) is 5.91 Å². The van der Waals surface area contributed by atoms with E-state index in [2.05, 4.69) is 15.2 Å². The number of amides is 1. The fraction of sp³-hybridized carbons (Fsp3) is 0.188. The first-order valence-corrected chi connectivity index (χ1v) is 6.82. The van der Waals surface area contributed by atoms with Gasteiger partial charge in [-0.3, -0.25) is 4.79 Å². The average molecular weight is 316 g/mol. The Balaban J connectivity index is 1.71. The van der Waals surface area contributed by atoms with Gasteiger partial charge in [0, 0.05) is 0 Å². The van der Waals surface area contributed by atoms with Gasteiger partial charge in [0.2, 0.25) is 0 Å². The summed E-state index contributed by atoms with van der Waals surface area (Å²) in [6.45, 7) is 0.103. The second kappa shape index (κ2) is 8.38. The van der Waals surface area contributed by atoms with Crippen molar-refractivity contribution in [1.29, 1.82) is 0 Å². The van der Waals surface area contributed by atoms with Crippen molar-refractivity contribution in [2.75, 3.05) is 13.7 Å². The molecule has 0 radical (unpaired) electrons. The zero-order valence-electron chi connectivity index (χ0n) is 12.5. The number of benzene rings is 1. The van der Waals surface area contributed by atoms with Gasteiger partial charge in [-0.05, 0) is 29.8 Å². The molecule has 7 nitrogen and oxygen atoms in total. The minimum atomic E-state index is -0.405. The molecule has 0 bridgehead atoms. The molecule has 7 heteroatoms. The number of rotatable bonds is 7. The van der Waals surface area contributed by atoms with Crippen molar-refractivity contribution < 1.29 is 23.6 Å². The zero-order valence-corrected chi connectivity index (χ0v) is 12.5. The molecular weight excluding hydrogens is 300 g/mol. The van der Waals surface area contributed by atoms with Crippen LogP contribution in [0.25, 0.3) is 0 Å². The average Bonchev–Trinajstić information content (AvgIpc) is 3.10. The maximum Gasteiger partial charge on any atom is 0.337 e. The van der Waals surface area contributed by atoms with E-state index in [0.29, 0.717) is 17.9 Å². The van der Waals surface area contributed by atoms with E-state index < -0.39 is 5.97 Å². The summed E-state index contributed by atoms with van der Waals surface area (Å²) in [5.74, 6) is -0.0508. The van der Waals surface area contributed by atoms with Crippen molar-refractivity contribution >= 4 is 18.1 Å². The highest BCUT2D eigenvalue weighted by molar-refractivity contribution is 5.90. The molecule has 0 aliphatic carbocycles. The number of carbonyl (C=O) groups is 2. The highest BCUT2D eigenvalue weighted by Crippen LogP contribution is 2.04. The molecule has 0 fully saturated rings. The molecule has 1 aromatic carbocycles. The topological polar surface area (TPSA) is 90.1 Å². The minimum absolute atomic E-state index is 0.197. The van der Waals surface area contributed by atoms with Gasteiger partial charge in [0.05, 0.1) is 31.7 Å². The summed E-state index contributed by atoms with van der Waals surface area (Å²) in [6.07, 6.45) is 2.98. The second-order valence-corrected chi connectivity index (χ2v) is 4.48. The van der Waals surface area contributed by atoms with E-state index in [4.69, 9.17) is 9.25 Å². The van der Waals surface area contributed by atoms with Crippen molar-refractivity contribution in [3.05, 3.63) is 59.5 Å². The fourth-order valence-corrected chi connectivity index (χ4v) is 1.67. The molecule has 0 unspecified atom stereocenters. The molecular formula is C16H16N2O5. The third kappa shape index (κ3) is 5.31. The Morgan fingerprint density at radius 2 is 2.04 bits per heavy atom. The molecule has 0 atom stereocenters. The molecule has 0 saturated heterocycles. The van der Waals surface area contributed by atoms with Gasteiger partial charge in [0.1, 0.15) is 5.76 Å². The highest BCUT2D eigenvalue weighted by Gasteiger charge is 2.04. The lowest BCUT2D eigenvalue weighted by molar-refractivity contribution is -0.125. The number of methoxy groups -OCH3 is 1. The van der Waals surface area contributed by atoms with Crippen LogP contribution in [-0.2, 0) is 20.9 Å². The van der Waals surface area contributed by atoms with Crippen molar-refractivity contribution in [3.8, 4) is 0 Å². The number of nitrogens with one attached hydrogen (secondary N) is 1. The standard InChI is InChI=1S/C16H16N2O5/c1-21-16(20)13-6-4-12(5-7-13)9-18-23-11-15(19)17-10-14-3-2-8-22-14/h2-9H,10-11H2,1H3,(H,17,19)/b18-9+. The molecule has 23 heavy (non-hydrogen) atoms. The molecule has 2 rings (SSSR count). The second-order valence-electron chi connectivity index (χ2n) is 4.48. The molecule has 1 heterocycles. The van der Waals surface area contributed by atoms with Gasteiger partial charge in [-0.1, -0.05) is 17.3 Å². The lowest BCUT2D eigenvalue weighted by atomic mass is 10.1. The quantitative estimate of drug-likeness (QED) is 0.477. The predicted molar refractivity (Wildman–Crippen MR) is 81.9 cm³/mol. The van der Waals surface area contributed by atoms with Crippen LogP contribution in [0.5, 0.6) is 0 Å². The maximum absolute atomic E-state index is 11.5. The van der Waals surface area contributed by atoms with Crippen LogP contribution >= 0.6 is 0 Å². The Bertz CT molecular complexity index is 662. The monoisotopic (exact) mass is 316 g/mol. The molecule has 1 N–H and O–H groups in total. The van der Waals surface area contributed by atoms with Gasteiger partial charge >= 0.3 is 5.97 Å². The van der Waals surface area contributed by atoms with E-state index >= 15 is 0 Å². The van der Waals surface area contributed by atoms with E-state index in [9.17, 15) is 9.59 Å². The van der Waals surface area contributed by atoms with Crippen LogP contribution in [0.3, 0.4) is 0 Å². The van der Waals surface area contributed by atoms with E-state index in [0.717, 1.165) is 5.56 Å². The molecule has 0 spiro atoms. The summed E-state index contributed by atoms with van der Waals surface area (Å²) in [4.78, 5) is 27.7. The Hall–Kier alpha value is -3.09. The molecule has 1 aromatic heterocycles. The number of ether oxygens (including phenoxy) is 1. The van der Waals surface area contributed by atoms with E-state index in [1.807, 2.05) is 0 Å². The van der Waals surface area contributed by atoms with Crippen molar-refractivity contribution in [1.82, 2.24) is 5.32 Å². The van der Waals surface area contributed by atoms with Crippen LogP contribution < -0.4 is 5.32 Å². The third-order valence-corrected chi connectivity index (χ3v) is 2.84. The van der Waals surface area contributed by atoms with Gasteiger partial charge in [-0.2, -0.15) is 0 Å². The van der Waals surface area contributed by atoms with Crippen LogP contribution in [0.15, 0.2) is 52.2 Å². The van der Waals surface area contributed by atoms with E-state index in [-0.39, 0.29) is 12.5 Å². The van der Waals surface area contributed by atoms with Crippen molar-refractivity contribution in [2.45, 2.75) is 6.54 Å². The molecule has 2 aromatic rings. The predicted octanol–water partition coefficient (Wildman–Crippen LogP) is 1.73. The molecule has 120 valence electrons. The van der Waals surface area contributed by atoms with E-state index in [1.54, 1.807) is 36.4 Å². The molecule has 0 aliphatic rings. The van der Waals surface area contributed by atoms with Gasteiger partial charge in [0.15, 0.2) is 6.61 Å². The highest BCUT2D eigenvalue weighted by atomic mass is 16.6. The molecule has 0 saturated carbocycles. The number of carbonyl (C=O) groups excluding carboxylic acids is 2. The summed E-state index contributed by atoms with van der Waals surface area (Å²) in [5.41, 5.74) is 1.18. The van der Waals surface area contributed by atoms with Gasteiger partial charge < -0.3 is 19.3 Å². The maximum atomic E-state index is 11.5. The number of furan rings is 1. The van der Waals surface area contributed by atoms with Crippen LogP contribution in [-0.4, -0.2) is 31.8 Å². The lowest BCUT2D eigenvalue weighted by Crippen LogP contribution is -2.26. The molecule has 0 aliphatic heterocycles. The van der Waals surface area contributed by atoms with Crippen molar-refractivity contribution in [2.24, 2.45) is 5.16 Å². The normalized spacial score (nSPS) is 10.5. The summed E-state index contributed by atoms with van der Waals surface area (Å²) in [5, 5.41) is 6.32. The molecule has 1 amide bonds.